The Kier molecular flexibility index (Phi) is 6.27. The van der Waals surface area contributed by atoms with E-state index in [4.69, 9.17) is 0 Å². The van der Waals surface area contributed by atoms with Crippen molar-refractivity contribution < 1.29 is 14.3 Å². The Morgan fingerprint density at radius 3 is 3.09 bits per heavy atom. The second-order valence-corrected chi connectivity index (χ2v) is 6.30. The van der Waals surface area contributed by atoms with E-state index in [0.717, 1.165) is 31.4 Å². The zero-order valence-corrected chi connectivity index (χ0v) is 13.5. The van der Waals surface area contributed by atoms with Gasteiger partial charge in [-0.15, -0.1) is 11.8 Å². The fourth-order valence-corrected chi connectivity index (χ4v) is 3.66. The molecule has 0 bridgehead atoms. The van der Waals surface area contributed by atoms with Crippen LogP contribution in [0.2, 0.25) is 0 Å². The highest BCUT2D eigenvalue weighted by atomic mass is 32.2. The van der Waals surface area contributed by atoms with Crippen LogP contribution in [0.25, 0.3) is 0 Å². The van der Waals surface area contributed by atoms with Gasteiger partial charge in [0.15, 0.2) is 11.6 Å². The summed E-state index contributed by atoms with van der Waals surface area (Å²) < 4.78 is 13.3. The van der Waals surface area contributed by atoms with Crippen LogP contribution in [0.15, 0.2) is 46.0 Å². The van der Waals surface area contributed by atoms with Gasteiger partial charge in [-0.3, -0.25) is 4.90 Å². The molecule has 0 unspecified atom stereocenters. The number of thioether (sulfide) groups is 1. The number of aliphatic hydroxyl groups excluding tert-OH is 1. The summed E-state index contributed by atoms with van der Waals surface area (Å²) >= 11 is 1.68. The Labute approximate surface area is 134 Å². The van der Waals surface area contributed by atoms with Gasteiger partial charge < -0.3 is 15.2 Å². The first-order valence-corrected chi connectivity index (χ1v) is 8.26. The Balaban J connectivity index is 2.02. The van der Waals surface area contributed by atoms with Crippen LogP contribution >= 0.6 is 11.8 Å². The van der Waals surface area contributed by atoms with E-state index in [1.54, 1.807) is 17.8 Å². The Bertz CT molecular complexity index is 552. The molecule has 0 aromatic rings. The largest absolute Gasteiger partial charge is 0.505 e. The van der Waals surface area contributed by atoms with Gasteiger partial charge in [0.1, 0.15) is 6.29 Å². The summed E-state index contributed by atoms with van der Waals surface area (Å²) in [5.74, 6) is -0.208. The van der Waals surface area contributed by atoms with Crippen molar-refractivity contribution in [2.24, 2.45) is 0 Å². The molecule has 0 amide bonds. The minimum Gasteiger partial charge on any atom is -0.505 e. The Morgan fingerprint density at radius 2 is 2.36 bits per heavy atom. The lowest BCUT2D eigenvalue weighted by Crippen LogP contribution is -2.34. The maximum Gasteiger partial charge on any atom is 0.164 e. The first kappa shape index (κ1) is 16.8. The SMILES string of the molecule is CNC1=C(SCC2=CC(O)=C(F)C=CC2)CN(CC=O)CC1. The zero-order chi connectivity index (χ0) is 15.9. The smallest absolute Gasteiger partial charge is 0.164 e. The van der Waals surface area contributed by atoms with Crippen molar-refractivity contribution in [3.63, 3.8) is 0 Å². The average Bonchev–Trinajstić information content (AvgIpc) is 2.67. The monoisotopic (exact) mass is 324 g/mol. The molecule has 0 saturated heterocycles. The minimum atomic E-state index is -0.593. The fraction of sp³-hybridized carbons (Fsp3) is 0.438. The van der Waals surface area contributed by atoms with Gasteiger partial charge >= 0.3 is 0 Å². The molecule has 120 valence electrons. The van der Waals surface area contributed by atoms with Crippen LogP contribution in [0.1, 0.15) is 12.8 Å². The number of allylic oxidation sites excluding steroid dienone is 4. The molecule has 0 atom stereocenters. The van der Waals surface area contributed by atoms with Gasteiger partial charge in [0, 0.05) is 42.9 Å². The second-order valence-electron chi connectivity index (χ2n) is 5.23. The van der Waals surface area contributed by atoms with E-state index in [2.05, 4.69) is 10.2 Å². The van der Waals surface area contributed by atoms with Crippen LogP contribution < -0.4 is 5.32 Å². The van der Waals surface area contributed by atoms with Crippen LogP contribution in [-0.4, -0.2) is 48.7 Å². The maximum atomic E-state index is 13.3. The molecule has 0 fully saturated rings. The average molecular weight is 324 g/mol. The highest BCUT2D eigenvalue weighted by molar-refractivity contribution is 8.03. The third-order valence-electron chi connectivity index (χ3n) is 3.68. The van der Waals surface area contributed by atoms with Crippen LogP contribution in [0, 0.1) is 0 Å². The zero-order valence-electron chi connectivity index (χ0n) is 12.6. The number of carbonyl (C=O) groups is 1. The van der Waals surface area contributed by atoms with Gasteiger partial charge in [-0.05, 0) is 18.6 Å². The summed E-state index contributed by atoms with van der Waals surface area (Å²) in [4.78, 5) is 14.0. The quantitative estimate of drug-likeness (QED) is 0.736. The fourth-order valence-electron chi connectivity index (χ4n) is 2.45. The van der Waals surface area contributed by atoms with Crippen LogP contribution in [-0.2, 0) is 4.79 Å². The van der Waals surface area contributed by atoms with Crippen molar-refractivity contribution >= 4 is 18.0 Å². The van der Waals surface area contributed by atoms with Gasteiger partial charge in [0.05, 0.1) is 6.54 Å². The number of nitrogens with one attached hydrogen (secondary N) is 1. The Hall–Kier alpha value is -1.53. The van der Waals surface area contributed by atoms with E-state index >= 15 is 0 Å². The van der Waals surface area contributed by atoms with E-state index in [0.29, 0.717) is 18.7 Å². The first-order valence-electron chi connectivity index (χ1n) is 7.27. The molecule has 0 radical (unpaired) electrons. The van der Waals surface area contributed by atoms with Crippen LogP contribution in [0.5, 0.6) is 0 Å². The molecule has 0 aromatic carbocycles. The normalized spacial score (nSPS) is 20.0. The summed E-state index contributed by atoms with van der Waals surface area (Å²) in [5.41, 5.74) is 2.17. The summed E-state index contributed by atoms with van der Waals surface area (Å²) in [6.45, 7) is 2.07. The van der Waals surface area contributed by atoms with Crippen molar-refractivity contribution in [3.8, 4) is 0 Å². The topological polar surface area (TPSA) is 52.6 Å². The minimum absolute atomic E-state index is 0.307. The lowest BCUT2D eigenvalue weighted by molar-refractivity contribution is -0.108. The van der Waals surface area contributed by atoms with E-state index in [9.17, 15) is 14.3 Å². The van der Waals surface area contributed by atoms with Gasteiger partial charge in [-0.2, -0.15) is 0 Å². The number of rotatable bonds is 6. The van der Waals surface area contributed by atoms with Crippen molar-refractivity contribution in [1.82, 2.24) is 10.2 Å². The molecule has 0 saturated carbocycles. The molecule has 0 aromatic heterocycles. The number of hydrogen-bond acceptors (Lipinski definition) is 5. The number of halogens is 1. The molecule has 6 heteroatoms. The molecule has 1 aliphatic heterocycles. The Morgan fingerprint density at radius 1 is 1.55 bits per heavy atom. The molecule has 0 spiro atoms. The maximum absolute atomic E-state index is 13.3. The molecular formula is C16H21FN2O2S. The van der Waals surface area contributed by atoms with E-state index < -0.39 is 5.83 Å². The van der Waals surface area contributed by atoms with Gasteiger partial charge in [-0.1, -0.05) is 11.6 Å². The molecular weight excluding hydrogens is 303 g/mol. The molecule has 1 heterocycles. The molecule has 22 heavy (non-hydrogen) atoms. The highest BCUT2D eigenvalue weighted by Crippen LogP contribution is 2.29. The van der Waals surface area contributed by atoms with Crippen LogP contribution in [0.3, 0.4) is 0 Å². The number of carbonyl (C=O) groups excluding carboxylic acids is 1. The van der Waals surface area contributed by atoms with Gasteiger partial charge in [-0.25, -0.2) is 4.39 Å². The second kappa shape index (κ2) is 8.19. The predicted octanol–water partition coefficient (Wildman–Crippen LogP) is 2.68. The molecule has 2 rings (SSSR count). The molecule has 4 nitrogen and oxygen atoms in total. The predicted molar refractivity (Wildman–Crippen MR) is 88.3 cm³/mol. The highest BCUT2D eigenvalue weighted by Gasteiger charge is 2.19. The van der Waals surface area contributed by atoms with E-state index in [1.807, 2.05) is 7.05 Å². The third-order valence-corrected chi connectivity index (χ3v) is 4.92. The number of aliphatic hydroxyl groups is 1. The van der Waals surface area contributed by atoms with Crippen molar-refractivity contribution in [3.05, 3.63) is 46.0 Å². The number of nitrogens with zero attached hydrogens (tertiary/aromatic N) is 1. The number of aldehydes is 1. The molecule has 2 aliphatic rings. The first-order chi connectivity index (χ1) is 10.6. The standard InChI is InChI=1S/C16H21FN2O2S/c1-18-14-5-6-19(7-8-20)10-16(14)22-11-12-3-2-4-13(17)15(21)9-12/h2,4,8-9,18,21H,3,5-7,10-11H2,1H3. The van der Waals surface area contributed by atoms with Crippen molar-refractivity contribution in [1.29, 1.82) is 0 Å². The summed E-state index contributed by atoms with van der Waals surface area (Å²) in [7, 11) is 1.91. The number of hydrogen-bond donors (Lipinski definition) is 2. The lowest BCUT2D eigenvalue weighted by Gasteiger charge is -2.29. The van der Waals surface area contributed by atoms with Crippen molar-refractivity contribution in [2.45, 2.75) is 12.8 Å². The lowest BCUT2D eigenvalue weighted by atomic mass is 10.2. The molecule has 1 aliphatic carbocycles. The summed E-state index contributed by atoms with van der Waals surface area (Å²) in [6.07, 6.45) is 6.98. The molecule has 2 N–H and O–H groups in total. The van der Waals surface area contributed by atoms with Gasteiger partial charge in [0.2, 0.25) is 0 Å². The van der Waals surface area contributed by atoms with Gasteiger partial charge in [0.25, 0.3) is 0 Å². The van der Waals surface area contributed by atoms with E-state index in [1.165, 1.54) is 22.8 Å². The summed E-state index contributed by atoms with van der Waals surface area (Å²) in [5, 5.41) is 12.8. The van der Waals surface area contributed by atoms with Crippen LogP contribution in [0.4, 0.5) is 4.39 Å². The third kappa shape index (κ3) is 4.48. The summed E-state index contributed by atoms with van der Waals surface area (Å²) in [6, 6.07) is 0. The van der Waals surface area contributed by atoms with Crippen molar-refractivity contribution in [2.75, 3.05) is 32.4 Å². The van der Waals surface area contributed by atoms with E-state index in [-0.39, 0.29) is 5.76 Å².